The zero-order valence-electron chi connectivity index (χ0n) is 20.7. The van der Waals surface area contributed by atoms with Crippen LogP contribution in [-0.4, -0.2) is 94.7 Å². The third-order valence-electron chi connectivity index (χ3n) is 6.13. The van der Waals surface area contributed by atoms with Gasteiger partial charge in [0.25, 0.3) is 0 Å². The molecule has 1 aromatic carbocycles. The molecule has 0 aliphatic carbocycles. The molecule has 200 valence electrons. The molecule has 0 spiro atoms. The number of nitrogens with zero attached hydrogens (tertiary/aromatic N) is 5. The Labute approximate surface area is 224 Å². The maximum atomic E-state index is 12.1. The number of halogens is 2. The number of rotatable bonds is 10. The molecule has 2 amide bonds. The van der Waals surface area contributed by atoms with Crippen LogP contribution in [0.25, 0.3) is 11.2 Å². The molecule has 4 unspecified atom stereocenters. The maximum Gasteiger partial charge on any atom is 0.319 e. The van der Waals surface area contributed by atoms with Crippen molar-refractivity contribution >= 4 is 51.9 Å². The molecule has 3 heterocycles. The van der Waals surface area contributed by atoms with E-state index in [1.165, 1.54) is 13.4 Å². The van der Waals surface area contributed by atoms with E-state index < -0.39 is 24.5 Å². The maximum absolute atomic E-state index is 12.1. The Kier molecular flexibility index (Phi) is 9.00. The summed E-state index contributed by atoms with van der Waals surface area (Å²) in [6.45, 7) is 1.61. The fourth-order valence-corrected chi connectivity index (χ4v) is 4.57. The number of fused-ring (bicyclic) bond motifs is 1. The van der Waals surface area contributed by atoms with Crippen LogP contribution < -0.4 is 16.0 Å². The number of likely N-dealkylation sites (N-methyl/N-ethyl adjacent to an activating group) is 1. The largest absolute Gasteiger partial charge is 0.387 e. The molecule has 4 rings (SSSR count). The molecule has 0 radical (unpaired) electrons. The molecule has 12 nitrogen and oxygen atoms in total. The Morgan fingerprint density at radius 2 is 2.08 bits per heavy atom. The summed E-state index contributed by atoms with van der Waals surface area (Å²) in [5, 5.41) is 20.2. The van der Waals surface area contributed by atoms with Crippen molar-refractivity contribution in [2.45, 2.75) is 31.0 Å². The van der Waals surface area contributed by atoms with E-state index in [2.05, 4.69) is 30.9 Å². The van der Waals surface area contributed by atoms with Crippen molar-refractivity contribution in [3.8, 4) is 0 Å². The van der Waals surface area contributed by atoms with E-state index in [9.17, 15) is 9.90 Å². The van der Waals surface area contributed by atoms with Crippen LogP contribution >= 0.6 is 23.2 Å². The lowest BCUT2D eigenvalue weighted by atomic mass is 10.1. The molecular weight excluding hydrogens is 523 g/mol. The topological polar surface area (TPSA) is 139 Å². The molecule has 1 aliphatic heterocycles. The number of amides is 2. The van der Waals surface area contributed by atoms with Gasteiger partial charge in [-0.05, 0) is 38.2 Å². The SMILES string of the molecule is CNc1ncnc2c1ncn2C1OC(CN(C)CCCNC(=O)Nc2ccc(Cl)c(Cl)c2)C(O)C1OC. The van der Waals surface area contributed by atoms with Gasteiger partial charge in [-0.1, -0.05) is 23.2 Å². The van der Waals surface area contributed by atoms with Gasteiger partial charge >= 0.3 is 6.03 Å². The number of carbonyl (C=O) groups excluding carboxylic acids is 1. The third-order valence-corrected chi connectivity index (χ3v) is 6.86. The average Bonchev–Trinajstić information content (AvgIpc) is 3.44. The number of hydrogen-bond donors (Lipinski definition) is 4. The summed E-state index contributed by atoms with van der Waals surface area (Å²) in [5.41, 5.74) is 1.74. The fourth-order valence-electron chi connectivity index (χ4n) is 4.27. The molecule has 37 heavy (non-hydrogen) atoms. The molecule has 4 atom stereocenters. The van der Waals surface area contributed by atoms with Crippen molar-refractivity contribution in [1.29, 1.82) is 0 Å². The standard InChI is InChI=1S/C23H30Cl2N8O4/c1-26-20-17-21(29-11-28-20)33(12-30-17)22-19(36-3)18(34)16(37-22)10-32(2)8-4-7-27-23(35)31-13-5-6-14(24)15(25)9-13/h5-6,9,11-12,16,18-19,22,34H,4,7-8,10H2,1-3H3,(H,26,28,29)(H2,27,31,35). The molecule has 3 aromatic rings. The normalized spacial score (nSPS) is 21.5. The minimum absolute atomic E-state index is 0.334. The van der Waals surface area contributed by atoms with E-state index in [0.29, 0.717) is 58.8 Å². The monoisotopic (exact) mass is 552 g/mol. The van der Waals surface area contributed by atoms with E-state index in [1.807, 2.05) is 11.9 Å². The van der Waals surface area contributed by atoms with E-state index in [1.54, 1.807) is 36.1 Å². The van der Waals surface area contributed by atoms with Crippen LogP contribution in [-0.2, 0) is 9.47 Å². The molecule has 1 saturated heterocycles. The number of methoxy groups -OCH3 is 1. The molecule has 0 saturated carbocycles. The highest BCUT2D eigenvalue weighted by molar-refractivity contribution is 6.42. The van der Waals surface area contributed by atoms with Crippen LogP contribution in [0.15, 0.2) is 30.9 Å². The van der Waals surface area contributed by atoms with Crippen LogP contribution in [0, 0.1) is 0 Å². The quantitative estimate of drug-likeness (QED) is 0.279. The number of hydrogen-bond acceptors (Lipinski definition) is 9. The van der Waals surface area contributed by atoms with Gasteiger partial charge in [-0.25, -0.2) is 19.7 Å². The number of carbonyl (C=O) groups is 1. The van der Waals surface area contributed by atoms with Crippen LogP contribution in [0.1, 0.15) is 12.6 Å². The molecule has 0 bridgehead atoms. The minimum Gasteiger partial charge on any atom is -0.387 e. The minimum atomic E-state index is -0.851. The van der Waals surface area contributed by atoms with Crippen molar-refractivity contribution < 1.29 is 19.4 Å². The van der Waals surface area contributed by atoms with Crippen molar-refractivity contribution in [1.82, 2.24) is 29.7 Å². The zero-order valence-corrected chi connectivity index (χ0v) is 22.2. The van der Waals surface area contributed by atoms with Crippen LogP contribution in [0.5, 0.6) is 0 Å². The average molecular weight is 553 g/mol. The highest BCUT2D eigenvalue weighted by Gasteiger charge is 2.45. The van der Waals surface area contributed by atoms with E-state index in [0.717, 1.165) is 0 Å². The molecule has 4 N–H and O–H groups in total. The summed E-state index contributed by atoms with van der Waals surface area (Å²) in [5.74, 6) is 0.604. The Hall–Kier alpha value is -2.74. The van der Waals surface area contributed by atoms with Crippen molar-refractivity contribution in [3.05, 3.63) is 40.9 Å². The molecular formula is C23H30Cl2N8O4. The van der Waals surface area contributed by atoms with E-state index in [-0.39, 0.29) is 6.03 Å². The first-order chi connectivity index (χ1) is 17.8. The predicted molar refractivity (Wildman–Crippen MR) is 141 cm³/mol. The lowest BCUT2D eigenvalue weighted by Crippen LogP contribution is -2.40. The number of anilines is 2. The Morgan fingerprint density at radius 1 is 1.27 bits per heavy atom. The van der Waals surface area contributed by atoms with Gasteiger partial charge < -0.3 is 35.4 Å². The first-order valence-electron chi connectivity index (χ1n) is 11.7. The summed E-state index contributed by atoms with van der Waals surface area (Å²) in [6, 6.07) is 4.55. The lowest BCUT2D eigenvalue weighted by molar-refractivity contribution is -0.0529. The predicted octanol–water partition coefficient (Wildman–Crippen LogP) is 2.59. The van der Waals surface area contributed by atoms with Crippen molar-refractivity contribution in [3.63, 3.8) is 0 Å². The van der Waals surface area contributed by atoms with Crippen LogP contribution in [0.4, 0.5) is 16.3 Å². The van der Waals surface area contributed by atoms with Crippen LogP contribution in [0.3, 0.4) is 0 Å². The summed E-state index contributed by atoms with van der Waals surface area (Å²) >= 11 is 11.9. The van der Waals surface area contributed by atoms with Crippen LogP contribution in [0.2, 0.25) is 10.0 Å². The first kappa shape index (κ1) is 27.3. The van der Waals surface area contributed by atoms with E-state index in [4.69, 9.17) is 32.7 Å². The van der Waals surface area contributed by atoms with Crippen molar-refractivity contribution in [2.75, 3.05) is 51.5 Å². The highest BCUT2D eigenvalue weighted by Crippen LogP contribution is 2.34. The third kappa shape index (κ3) is 6.22. The smallest absolute Gasteiger partial charge is 0.319 e. The number of aliphatic hydroxyl groups excluding tert-OH is 1. The molecule has 1 fully saturated rings. The number of aromatic nitrogens is 4. The van der Waals surface area contributed by atoms with Gasteiger partial charge in [0.05, 0.1) is 16.4 Å². The first-order valence-corrected chi connectivity index (χ1v) is 12.5. The molecule has 1 aliphatic rings. The Morgan fingerprint density at radius 3 is 2.81 bits per heavy atom. The number of aliphatic hydroxyl groups is 1. The molecule has 2 aromatic heterocycles. The van der Waals surface area contributed by atoms with Gasteiger partial charge in [0.2, 0.25) is 0 Å². The van der Waals surface area contributed by atoms with Gasteiger partial charge in [0, 0.05) is 32.9 Å². The fraction of sp³-hybridized carbons (Fsp3) is 0.478. The van der Waals surface area contributed by atoms with E-state index >= 15 is 0 Å². The van der Waals surface area contributed by atoms with Crippen molar-refractivity contribution in [2.24, 2.45) is 0 Å². The Bertz CT molecular complexity index is 1230. The number of urea groups is 1. The second-order valence-electron chi connectivity index (χ2n) is 8.68. The number of ether oxygens (including phenoxy) is 2. The summed E-state index contributed by atoms with van der Waals surface area (Å²) < 4.78 is 13.6. The summed E-state index contributed by atoms with van der Waals surface area (Å²) in [4.78, 5) is 27.1. The number of imidazole rings is 1. The van der Waals surface area contributed by atoms with Gasteiger partial charge in [-0.15, -0.1) is 0 Å². The summed E-state index contributed by atoms with van der Waals surface area (Å²) in [6.07, 6.45) is 1.21. The summed E-state index contributed by atoms with van der Waals surface area (Å²) in [7, 11) is 5.23. The highest BCUT2D eigenvalue weighted by atomic mass is 35.5. The van der Waals surface area contributed by atoms with Gasteiger partial charge in [-0.3, -0.25) is 4.57 Å². The Balaban J connectivity index is 1.27. The second-order valence-corrected chi connectivity index (χ2v) is 9.49. The lowest BCUT2D eigenvalue weighted by Gasteiger charge is -2.23. The molecule has 14 heteroatoms. The van der Waals surface area contributed by atoms with Gasteiger partial charge in [0.1, 0.15) is 30.2 Å². The van der Waals surface area contributed by atoms with Gasteiger partial charge in [0.15, 0.2) is 17.7 Å². The second kappa shape index (κ2) is 12.2. The van der Waals surface area contributed by atoms with Gasteiger partial charge in [-0.2, -0.15) is 0 Å². The zero-order chi connectivity index (χ0) is 26.5. The number of nitrogens with one attached hydrogen (secondary N) is 3. The number of benzene rings is 1.